The molecule has 8 heteroatoms. The van der Waals surface area contributed by atoms with Gasteiger partial charge in [0.25, 0.3) is 0 Å². The lowest BCUT2D eigenvalue weighted by atomic mass is 10.1. The maximum atomic E-state index is 12.3. The lowest BCUT2D eigenvalue weighted by Gasteiger charge is -2.11. The van der Waals surface area contributed by atoms with Crippen molar-refractivity contribution in [3.63, 3.8) is 0 Å². The summed E-state index contributed by atoms with van der Waals surface area (Å²) in [7, 11) is 1.62. The van der Waals surface area contributed by atoms with Crippen molar-refractivity contribution in [2.24, 2.45) is 0 Å². The van der Waals surface area contributed by atoms with Gasteiger partial charge in [-0.15, -0.1) is 0 Å². The number of halogens is 3. The fourth-order valence-electron chi connectivity index (χ4n) is 2.27. The zero-order chi connectivity index (χ0) is 19.9. The molecule has 0 aliphatic carbocycles. The molecule has 0 saturated carbocycles. The number of anilines is 1. The summed E-state index contributed by atoms with van der Waals surface area (Å²) in [5, 5.41) is 3.95. The first-order valence-electron chi connectivity index (χ1n) is 7.93. The molecule has 0 aliphatic rings. The molecule has 0 atom stereocenters. The number of nitrogens with zero attached hydrogens (tertiary/aromatic N) is 1. The number of alkyl halides is 3. The van der Waals surface area contributed by atoms with Crippen LogP contribution in [0.1, 0.15) is 21.6 Å². The molecule has 27 heavy (non-hydrogen) atoms. The molecule has 3 rings (SSSR count). The van der Waals surface area contributed by atoms with Gasteiger partial charge in [-0.3, -0.25) is 4.79 Å². The molecular weight excluding hydrogens is 375 g/mol. The third-order valence-electron chi connectivity index (χ3n) is 3.50. The number of nitrogens with two attached hydrogens (primary N) is 1. The summed E-state index contributed by atoms with van der Waals surface area (Å²) >= 11 is 1.33. The van der Waals surface area contributed by atoms with Crippen LogP contribution in [0.15, 0.2) is 54.6 Å². The van der Waals surface area contributed by atoms with Gasteiger partial charge < -0.3 is 11.1 Å². The van der Waals surface area contributed by atoms with Gasteiger partial charge >= 0.3 is 6.18 Å². The van der Waals surface area contributed by atoms with Crippen LogP contribution in [0.2, 0.25) is 0 Å². The lowest BCUT2D eigenvalue weighted by Crippen LogP contribution is -2.13. The normalized spacial score (nSPS) is 10.8. The zero-order valence-electron chi connectivity index (χ0n) is 14.5. The van der Waals surface area contributed by atoms with Crippen LogP contribution >= 0.6 is 11.3 Å². The van der Waals surface area contributed by atoms with Gasteiger partial charge in [0.05, 0.1) is 5.56 Å². The van der Waals surface area contributed by atoms with E-state index in [2.05, 4.69) is 10.3 Å². The van der Waals surface area contributed by atoms with Gasteiger partial charge in [0.15, 0.2) is 6.29 Å². The highest BCUT2D eigenvalue weighted by atomic mass is 32.1. The third kappa shape index (κ3) is 5.63. The van der Waals surface area contributed by atoms with E-state index in [4.69, 9.17) is 5.73 Å². The van der Waals surface area contributed by atoms with E-state index in [1.807, 2.05) is 30.3 Å². The van der Waals surface area contributed by atoms with E-state index in [0.29, 0.717) is 17.0 Å². The molecule has 2 aromatic carbocycles. The van der Waals surface area contributed by atoms with Crippen LogP contribution in [-0.4, -0.2) is 18.3 Å². The van der Waals surface area contributed by atoms with Gasteiger partial charge in [-0.25, -0.2) is 4.98 Å². The van der Waals surface area contributed by atoms with Gasteiger partial charge in [0.1, 0.15) is 15.7 Å². The molecule has 0 bridgehead atoms. The zero-order valence-corrected chi connectivity index (χ0v) is 15.3. The molecule has 1 heterocycles. The smallest absolute Gasteiger partial charge is 0.389 e. The summed E-state index contributed by atoms with van der Waals surface area (Å²) in [5.74, 6) is 0. The molecule has 0 amide bonds. The third-order valence-corrected chi connectivity index (χ3v) is 4.45. The van der Waals surface area contributed by atoms with Crippen molar-refractivity contribution in [2.75, 3.05) is 12.8 Å². The maximum Gasteiger partial charge on any atom is 0.416 e. The molecular formula is C19H18F3N3OS. The second kappa shape index (κ2) is 9.29. The maximum absolute atomic E-state index is 12.3. The van der Waals surface area contributed by atoms with E-state index in [1.165, 1.54) is 23.5 Å². The van der Waals surface area contributed by atoms with Crippen molar-refractivity contribution in [1.82, 2.24) is 10.3 Å². The summed E-state index contributed by atoms with van der Waals surface area (Å²) < 4.78 is 37.0. The Hall–Kier alpha value is -2.71. The van der Waals surface area contributed by atoms with Gasteiger partial charge in [0, 0.05) is 12.1 Å². The average molecular weight is 393 g/mol. The summed E-state index contributed by atoms with van der Waals surface area (Å²) in [6, 6.07) is 15.2. The molecule has 0 unspecified atom stereocenters. The molecule has 142 valence electrons. The molecule has 0 fully saturated rings. The van der Waals surface area contributed by atoms with Gasteiger partial charge in [-0.1, -0.05) is 59.9 Å². The number of aldehydes is 1. The number of aromatic nitrogens is 1. The second-order valence-corrected chi connectivity index (χ2v) is 6.47. The van der Waals surface area contributed by atoms with Crippen LogP contribution in [0.25, 0.3) is 10.6 Å². The summed E-state index contributed by atoms with van der Waals surface area (Å²) in [6.45, 7) is 0.232. The van der Waals surface area contributed by atoms with Crippen LogP contribution < -0.4 is 11.1 Å². The number of hydrogen-bond acceptors (Lipinski definition) is 5. The Labute approximate surface area is 158 Å². The van der Waals surface area contributed by atoms with Crippen molar-refractivity contribution in [1.29, 1.82) is 0 Å². The van der Waals surface area contributed by atoms with Crippen LogP contribution in [0, 0.1) is 0 Å². The molecule has 3 N–H and O–H groups in total. The molecule has 3 aromatic rings. The average Bonchev–Trinajstić information content (AvgIpc) is 3.04. The number of carbonyl (C=O) groups excluding carboxylic acids is 1. The summed E-state index contributed by atoms with van der Waals surface area (Å²) in [4.78, 5) is 14.7. The fourth-order valence-corrected chi connectivity index (χ4v) is 3.08. The predicted molar refractivity (Wildman–Crippen MR) is 102 cm³/mol. The summed E-state index contributed by atoms with van der Waals surface area (Å²) in [6.07, 6.45) is -3.58. The Bertz CT molecular complexity index is 879. The Morgan fingerprint density at radius 2 is 1.74 bits per heavy atom. The van der Waals surface area contributed by atoms with Gasteiger partial charge in [0.2, 0.25) is 0 Å². The molecule has 1 aromatic heterocycles. The minimum atomic E-state index is -4.26. The molecule has 0 radical (unpaired) electrons. The number of hydrogen-bond donors (Lipinski definition) is 2. The van der Waals surface area contributed by atoms with Crippen LogP contribution in [-0.2, 0) is 12.7 Å². The van der Waals surface area contributed by atoms with Crippen molar-refractivity contribution in [3.8, 4) is 10.6 Å². The first-order valence-corrected chi connectivity index (χ1v) is 8.75. The first kappa shape index (κ1) is 20.6. The number of thiazole rings is 1. The standard InChI is InChI=1S/C10H8N2OS.C9H10F3N/c11-9-8(6-13)12-10(14-9)7-4-2-1-3-5-7;1-13-6-7-4-2-3-5-8(7)9(10,11)12/h1-6H,11H2;2-5,13H,6H2,1H3. The number of carbonyl (C=O) groups is 1. The Morgan fingerprint density at radius 3 is 2.30 bits per heavy atom. The number of rotatable bonds is 4. The number of benzene rings is 2. The molecule has 0 aliphatic heterocycles. The predicted octanol–water partition coefficient (Wildman–Crippen LogP) is 4.63. The highest BCUT2D eigenvalue weighted by Crippen LogP contribution is 2.31. The SMILES string of the molecule is CNCc1ccccc1C(F)(F)F.Nc1sc(-c2ccccc2)nc1C=O. The Balaban J connectivity index is 0.000000194. The Kier molecular flexibility index (Phi) is 7.09. The minimum absolute atomic E-state index is 0.232. The van der Waals surface area contributed by atoms with E-state index >= 15 is 0 Å². The van der Waals surface area contributed by atoms with Crippen molar-refractivity contribution >= 4 is 22.6 Å². The topological polar surface area (TPSA) is 68.0 Å². The largest absolute Gasteiger partial charge is 0.416 e. The fraction of sp³-hybridized carbons (Fsp3) is 0.158. The molecule has 4 nitrogen and oxygen atoms in total. The van der Waals surface area contributed by atoms with Crippen LogP contribution in [0.4, 0.5) is 18.2 Å². The van der Waals surface area contributed by atoms with Crippen LogP contribution in [0.3, 0.4) is 0 Å². The molecule has 0 saturated heterocycles. The summed E-state index contributed by atoms with van der Waals surface area (Å²) in [5.41, 5.74) is 6.64. The minimum Gasteiger partial charge on any atom is -0.389 e. The van der Waals surface area contributed by atoms with E-state index in [-0.39, 0.29) is 12.1 Å². The van der Waals surface area contributed by atoms with E-state index in [1.54, 1.807) is 13.1 Å². The quantitative estimate of drug-likeness (QED) is 0.634. The van der Waals surface area contributed by atoms with Gasteiger partial charge in [-0.05, 0) is 18.7 Å². The molecule has 0 spiro atoms. The monoisotopic (exact) mass is 393 g/mol. The highest BCUT2D eigenvalue weighted by molar-refractivity contribution is 7.19. The van der Waals surface area contributed by atoms with E-state index in [9.17, 15) is 18.0 Å². The van der Waals surface area contributed by atoms with E-state index in [0.717, 1.165) is 16.6 Å². The second-order valence-electron chi connectivity index (χ2n) is 5.44. The van der Waals surface area contributed by atoms with Gasteiger partial charge in [-0.2, -0.15) is 13.2 Å². The highest BCUT2D eigenvalue weighted by Gasteiger charge is 2.32. The number of nitrogens with one attached hydrogen (secondary N) is 1. The van der Waals surface area contributed by atoms with Crippen LogP contribution in [0.5, 0.6) is 0 Å². The van der Waals surface area contributed by atoms with E-state index < -0.39 is 11.7 Å². The van der Waals surface area contributed by atoms with Crippen molar-refractivity contribution < 1.29 is 18.0 Å². The lowest BCUT2D eigenvalue weighted by molar-refractivity contribution is -0.138. The first-order chi connectivity index (χ1) is 12.9. The van der Waals surface area contributed by atoms with Crippen molar-refractivity contribution in [2.45, 2.75) is 12.7 Å². The Morgan fingerprint density at radius 1 is 1.11 bits per heavy atom. The number of nitrogen functional groups attached to an aromatic ring is 1. The van der Waals surface area contributed by atoms with Crippen molar-refractivity contribution in [3.05, 3.63) is 71.4 Å².